The average Bonchev–Trinajstić information content (AvgIpc) is 2.81. The molecule has 0 fully saturated rings. The van der Waals surface area contributed by atoms with Gasteiger partial charge in [0, 0.05) is 5.56 Å². The van der Waals surface area contributed by atoms with Crippen molar-refractivity contribution in [3.63, 3.8) is 0 Å². The minimum atomic E-state index is -0.299. The molecule has 0 amide bonds. The monoisotopic (exact) mass is 263 g/mol. The van der Waals surface area contributed by atoms with Crippen molar-refractivity contribution in [2.24, 2.45) is 11.7 Å². The minimum Gasteiger partial charge on any atom is -0.504 e. The van der Waals surface area contributed by atoms with Gasteiger partial charge < -0.3 is 20.5 Å². The zero-order valence-electron chi connectivity index (χ0n) is 10.9. The Morgan fingerprint density at radius 1 is 1.26 bits per heavy atom. The van der Waals surface area contributed by atoms with Gasteiger partial charge in [0.25, 0.3) is 0 Å². The summed E-state index contributed by atoms with van der Waals surface area (Å²) < 4.78 is 5.12. The number of nitrogens with zero attached hydrogens (tertiary/aromatic N) is 2. The van der Waals surface area contributed by atoms with Gasteiger partial charge in [0.05, 0.1) is 6.04 Å². The van der Waals surface area contributed by atoms with Gasteiger partial charge in [-0.3, -0.25) is 0 Å². The van der Waals surface area contributed by atoms with E-state index in [1.54, 1.807) is 6.07 Å². The highest BCUT2D eigenvalue weighted by Crippen LogP contribution is 2.29. The van der Waals surface area contributed by atoms with Gasteiger partial charge in [-0.1, -0.05) is 19.0 Å². The van der Waals surface area contributed by atoms with E-state index in [1.165, 1.54) is 12.1 Å². The van der Waals surface area contributed by atoms with Gasteiger partial charge in [-0.2, -0.15) is 4.98 Å². The Hall–Kier alpha value is -2.08. The van der Waals surface area contributed by atoms with Gasteiger partial charge in [0.2, 0.25) is 11.7 Å². The molecule has 0 aliphatic heterocycles. The third-order valence-corrected chi connectivity index (χ3v) is 2.72. The number of hydrogen-bond donors (Lipinski definition) is 3. The van der Waals surface area contributed by atoms with Crippen molar-refractivity contribution < 1.29 is 14.7 Å². The Morgan fingerprint density at radius 2 is 2.00 bits per heavy atom. The van der Waals surface area contributed by atoms with Crippen LogP contribution in [0.1, 0.15) is 32.2 Å². The molecule has 0 radical (unpaired) electrons. The molecule has 0 saturated heterocycles. The Bertz CT molecular complexity index is 566. The van der Waals surface area contributed by atoms with Crippen LogP contribution in [0, 0.1) is 5.92 Å². The summed E-state index contributed by atoms with van der Waals surface area (Å²) >= 11 is 0. The van der Waals surface area contributed by atoms with Crippen molar-refractivity contribution in [2.75, 3.05) is 0 Å². The highest BCUT2D eigenvalue weighted by atomic mass is 16.5. The number of hydrogen-bond acceptors (Lipinski definition) is 6. The lowest BCUT2D eigenvalue weighted by Crippen LogP contribution is -2.13. The molecular weight excluding hydrogens is 246 g/mol. The molecule has 6 nitrogen and oxygen atoms in total. The van der Waals surface area contributed by atoms with Gasteiger partial charge in [0.1, 0.15) is 0 Å². The number of phenols is 2. The maximum absolute atomic E-state index is 9.44. The van der Waals surface area contributed by atoms with Crippen molar-refractivity contribution in [1.82, 2.24) is 10.1 Å². The SMILES string of the molecule is CC(C)C[C@H](N)c1nc(-c2ccc(O)c(O)c2)no1. The molecule has 1 heterocycles. The molecule has 6 heteroatoms. The summed E-state index contributed by atoms with van der Waals surface area (Å²) in [5, 5.41) is 22.5. The first kappa shape index (κ1) is 13.4. The third kappa shape index (κ3) is 3.03. The summed E-state index contributed by atoms with van der Waals surface area (Å²) in [7, 11) is 0. The number of aromatic hydroxyl groups is 2. The van der Waals surface area contributed by atoms with Crippen molar-refractivity contribution >= 4 is 0 Å². The molecule has 2 rings (SSSR count). The maximum Gasteiger partial charge on any atom is 0.243 e. The van der Waals surface area contributed by atoms with Gasteiger partial charge >= 0.3 is 0 Å². The molecule has 4 N–H and O–H groups in total. The Kier molecular flexibility index (Phi) is 3.71. The van der Waals surface area contributed by atoms with Crippen LogP contribution in [0.3, 0.4) is 0 Å². The fourth-order valence-electron chi connectivity index (χ4n) is 1.77. The van der Waals surface area contributed by atoms with E-state index in [2.05, 4.69) is 24.0 Å². The fraction of sp³-hybridized carbons (Fsp3) is 0.385. The average molecular weight is 263 g/mol. The molecule has 1 aromatic heterocycles. The number of rotatable bonds is 4. The highest BCUT2D eigenvalue weighted by Gasteiger charge is 2.17. The van der Waals surface area contributed by atoms with Crippen LogP contribution in [0.2, 0.25) is 0 Å². The molecule has 0 aliphatic rings. The standard InChI is InChI=1S/C13H17N3O3/c1-7(2)5-9(14)13-15-12(16-19-13)8-3-4-10(17)11(18)6-8/h3-4,6-7,9,17-18H,5,14H2,1-2H3/t9-/m0/s1. The Morgan fingerprint density at radius 3 is 2.63 bits per heavy atom. The second kappa shape index (κ2) is 5.27. The van der Waals surface area contributed by atoms with E-state index in [1.807, 2.05) is 0 Å². The van der Waals surface area contributed by atoms with Crippen LogP contribution < -0.4 is 5.73 Å². The zero-order valence-corrected chi connectivity index (χ0v) is 10.9. The molecule has 0 spiro atoms. The summed E-state index contributed by atoms with van der Waals surface area (Å²) in [5.41, 5.74) is 6.51. The lowest BCUT2D eigenvalue weighted by Gasteiger charge is -2.08. The largest absolute Gasteiger partial charge is 0.504 e. The number of phenolic OH excluding ortho intramolecular Hbond substituents is 2. The van der Waals surface area contributed by atoms with E-state index < -0.39 is 0 Å². The number of nitrogens with two attached hydrogens (primary N) is 1. The van der Waals surface area contributed by atoms with Crippen molar-refractivity contribution in [3.8, 4) is 22.9 Å². The summed E-state index contributed by atoms with van der Waals surface area (Å²) in [5.74, 6) is 0.725. The first-order valence-electron chi connectivity index (χ1n) is 6.09. The fourth-order valence-corrected chi connectivity index (χ4v) is 1.77. The summed E-state index contributed by atoms with van der Waals surface area (Å²) in [6, 6.07) is 4.04. The van der Waals surface area contributed by atoms with E-state index in [4.69, 9.17) is 10.3 Å². The predicted octanol–water partition coefficient (Wildman–Crippen LogP) is 2.19. The first-order valence-corrected chi connectivity index (χ1v) is 6.09. The van der Waals surface area contributed by atoms with Crippen LogP contribution in [0.5, 0.6) is 11.5 Å². The van der Waals surface area contributed by atoms with Crippen molar-refractivity contribution in [1.29, 1.82) is 0 Å². The molecule has 2 aromatic rings. The second-order valence-electron chi connectivity index (χ2n) is 4.90. The lowest BCUT2D eigenvalue weighted by atomic mass is 10.0. The van der Waals surface area contributed by atoms with Crippen LogP contribution in [0.4, 0.5) is 0 Å². The van der Waals surface area contributed by atoms with Gasteiger partial charge in [0.15, 0.2) is 11.5 Å². The molecule has 0 aliphatic carbocycles. The lowest BCUT2D eigenvalue weighted by molar-refractivity contribution is 0.335. The zero-order chi connectivity index (χ0) is 14.0. The number of aromatic nitrogens is 2. The van der Waals surface area contributed by atoms with Crippen LogP contribution in [-0.4, -0.2) is 20.4 Å². The third-order valence-electron chi connectivity index (χ3n) is 2.72. The second-order valence-corrected chi connectivity index (χ2v) is 4.90. The van der Waals surface area contributed by atoms with Gasteiger partial charge in [-0.25, -0.2) is 0 Å². The Balaban J connectivity index is 2.22. The van der Waals surface area contributed by atoms with E-state index in [-0.39, 0.29) is 17.5 Å². The summed E-state index contributed by atoms with van der Waals surface area (Å²) in [4.78, 5) is 4.21. The van der Waals surface area contributed by atoms with E-state index >= 15 is 0 Å². The minimum absolute atomic E-state index is 0.191. The topological polar surface area (TPSA) is 105 Å². The number of benzene rings is 1. The summed E-state index contributed by atoms with van der Waals surface area (Å²) in [6.07, 6.45) is 0.752. The van der Waals surface area contributed by atoms with Gasteiger partial charge in [-0.05, 0) is 30.5 Å². The van der Waals surface area contributed by atoms with Crippen LogP contribution in [-0.2, 0) is 0 Å². The van der Waals surface area contributed by atoms with Crippen molar-refractivity contribution in [2.45, 2.75) is 26.3 Å². The normalized spacial score (nSPS) is 12.8. The van der Waals surface area contributed by atoms with E-state index in [9.17, 15) is 10.2 Å². The molecule has 19 heavy (non-hydrogen) atoms. The maximum atomic E-state index is 9.44. The molecule has 0 saturated carbocycles. The van der Waals surface area contributed by atoms with Gasteiger partial charge in [-0.15, -0.1) is 0 Å². The smallest absolute Gasteiger partial charge is 0.243 e. The van der Waals surface area contributed by atoms with Crippen LogP contribution >= 0.6 is 0 Å². The molecule has 0 bridgehead atoms. The first-order chi connectivity index (χ1) is 8.97. The molecule has 0 unspecified atom stereocenters. The molecular formula is C13H17N3O3. The van der Waals surface area contributed by atoms with Crippen molar-refractivity contribution in [3.05, 3.63) is 24.1 Å². The van der Waals surface area contributed by atoms with Crippen LogP contribution in [0.15, 0.2) is 22.7 Å². The Labute approximate surface area is 110 Å². The molecule has 1 aromatic carbocycles. The van der Waals surface area contributed by atoms with Crippen LogP contribution in [0.25, 0.3) is 11.4 Å². The quantitative estimate of drug-likeness (QED) is 0.730. The highest BCUT2D eigenvalue weighted by molar-refractivity contribution is 5.59. The van der Waals surface area contributed by atoms with E-state index in [0.717, 1.165) is 6.42 Å². The summed E-state index contributed by atoms with van der Waals surface area (Å²) in [6.45, 7) is 4.13. The van der Waals surface area contributed by atoms with E-state index in [0.29, 0.717) is 23.2 Å². The molecule has 102 valence electrons. The predicted molar refractivity (Wildman–Crippen MR) is 69.4 cm³/mol. The molecule has 1 atom stereocenters.